The smallest absolute Gasteiger partial charge is 0.261 e. The van der Waals surface area contributed by atoms with Gasteiger partial charge in [-0.2, -0.15) is 13.5 Å². The number of halogens is 2. The summed E-state index contributed by atoms with van der Waals surface area (Å²) >= 11 is 12.2. The summed E-state index contributed by atoms with van der Waals surface area (Å²) in [7, 11) is -3.67. The lowest BCUT2D eigenvalue weighted by Crippen LogP contribution is -2.34. The minimum atomic E-state index is -3.67. The fraction of sp³-hybridized carbons (Fsp3) is 0.429. The van der Waals surface area contributed by atoms with Crippen LogP contribution in [-0.2, 0) is 31.9 Å². The number of aliphatic hydroxyl groups is 1. The van der Waals surface area contributed by atoms with Crippen LogP contribution in [0.1, 0.15) is 5.56 Å². The molecule has 1 fully saturated rings. The number of rotatable bonds is 4. The zero-order chi connectivity index (χ0) is 19.4. The van der Waals surface area contributed by atoms with Crippen LogP contribution < -0.4 is 0 Å². The maximum atomic E-state index is 9.29. The van der Waals surface area contributed by atoms with Crippen LogP contribution in [0.15, 0.2) is 30.9 Å². The van der Waals surface area contributed by atoms with Gasteiger partial charge < -0.3 is 14.6 Å². The third-order valence-electron chi connectivity index (χ3n) is 3.24. The van der Waals surface area contributed by atoms with Gasteiger partial charge >= 0.3 is 0 Å². The van der Waals surface area contributed by atoms with E-state index in [-0.39, 0.29) is 19.8 Å². The van der Waals surface area contributed by atoms with Gasteiger partial charge in [0.2, 0.25) is 5.79 Å². The molecular formula is C14H17Cl2N3O6S. The number of benzene rings is 1. The predicted octanol–water partition coefficient (Wildman–Crippen LogP) is 1.35. The van der Waals surface area contributed by atoms with Crippen LogP contribution >= 0.6 is 23.2 Å². The molecule has 1 saturated heterocycles. The highest BCUT2D eigenvalue weighted by molar-refractivity contribution is 7.85. The van der Waals surface area contributed by atoms with Crippen molar-refractivity contribution in [3.8, 4) is 0 Å². The molecule has 144 valence electrons. The zero-order valence-electron chi connectivity index (χ0n) is 13.6. The first-order valence-electron chi connectivity index (χ1n) is 7.26. The molecule has 1 aromatic heterocycles. The van der Waals surface area contributed by atoms with Gasteiger partial charge in [0.1, 0.15) is 25.3 Å². The second kappa shape index (κ2) is 8.61. The fourth-order valence-corrected chi connectivity index (χ4v) is 2.84. The normalized spacial score (nSPS) is 22.7. The number of nitrogens with zero attached hydrogens (tertiary/aromatic N) is 3. The van der Waals surface area contributed by atoms with Crippen molar-refractivity contribution in [2.24, 2.45) is 0 Å². The molecule has 0 spiro atoms. The number of ether oxygens (including phenoxy) is 2. The molecule has 2 aromatic rings. The van der Waals surface area contributed by atoms with Gasteiger partial charge in [0.15, 0.2) is 0 Å². The second-order valence-electron chi connectivity index (χ2n) is 5.44. The SMILES string of the molecule is CS(=O)(=O)O.OCC1COC(Cn2cncn2)(c2ccc(Cl)cc2Cl)O1. The van der Waals surface area contributed by atoms with Crippen LogP contribution in [0, 0.1) is 0 Å². The van der Waals surface area contributed by atoms with Crippen molar-refractivity contribution in [2.45, 2.75) is 18.4 Å². The Kier molecular flexibility index (Phi) is 6.97. The van der Waals surface area contributed by atoms with Crippen LogP contribution in [0.3, 0.4) is 0 Å². The lowest BCUT2D eigenvalue weighted by atomic mass is 10.1. The Morgan fingerprint density at radius 1 is 1.42 bits per heavy atom. The molecule has 2 unspecified atom stereocenters. The van der Waals surface area contributed by atoms with E-state index in [0.29, 0.717) is 21.9 Å². The van der Waals surface area contributed by atoms with E-state index in [1.54, 1.807) is 29.2 Å². The Morgan fingerprint density at radius 2 is 2.12 bits per heavy atom. The molecule has 2 N–H and O–H groups in total. The van der Waals surface area contributed by atoms with E-state index >= 15 is 0 Å². The Bertz CT molecular complexity index is 825. The lowest BCUT2D eigenvalue weighted by Gasteiger charge is -2.29. The third kappa shape index (κ3) is 5.88. The molecule has 0 saturated carbocycles. The summed E-state index contributed by atoms with van der Waals surface area (Å²) in [4.78, 5) is 3.90. The van der Waals surface area contributed by atoms with Crippen molar-refractivity contribution in [3.05, 3.63) is 46.5 Å². The summed E-state index contributed by atoms with van der Waals surface area (Å²) in [5, 5.41) is 14.3. The van der Waals surface area contributed by atoms with Crippen molar-refractivity contribution in [1.82, 2.24) is 14.8 Å². The van der Waals surface area contributed by atoms with E-state index in [2.05, 4.69) is 10.1 Å². The highest BCUT2D eigenvalue weighted by Gasteiger charge is 2.45. The molecule has 2 atom stereocenters. The molecule has 1 aromatic carbocycles. The molecule has 9 nitrogen and oxygen atoms in total. The van der Waals surface area contributed by atoms with Gasteiger partial charge in [-0.25, -0.2) is 9.67 Å². The van der Waals surface area contributed by atoms with Crippen LogP contribution in [0.25, 0.3) is 0 Å². The van der Waals surface area contributed by atoms with Crippen LogP contribution in [0.4, 0.5) is 0 Å². The van der Waals surface area contributed by atoms with E-state index in [0.717, 1.165) is 0 Å². The van der Waals surface area contributed by atoms with Gasteiger partial charge in [-0.3, -0.25) is 4.55 Å². The molecule has 0 radical (unpaired) electrons. The molecule has 1 aliphatic heterocycles. The first kappa shape index (κ1) is 21.0. The number of aliphatic hydroxyl groups excluding tert-OH is 1. The summed E-state index contributed by atoms with van der Waals surface area (Å²) < 4.78 is 39.2. The highest BCUT2D eigenvalue weighted by atomic mass is 35.5. The molecule has 0 amide bonds. The highest BCUT2D eigenvalue weighted by Crippen LogP contribution is 2.40. The quantitative estimate of drug-likeness (QED) is 0.703. The Labute approximate surface area is 160 Å². The maximum absolute atomic E-state index is 9.29. The van der Waals surface area contributed by atoms with Crippen LogP contribution in [0.5, 0.6) is 0 Å². The molecule has 12 heteroatoms. The van der Waals surface area contributed by atoms with Gasteiger partial charge in [-0.05, 0) is 12.1 Å². The summed E-state index contributed by atoms with van der Waals surface area (Å²) in [5.41, 5.74) is 0.639. The maximum Gasteiger partial charge on any atom is 0.261 e. The third-order valence-corrected chi connectivity index (χ3v) is 3.79. The van der Waals surface area contributed by atoms with Crippen molar-refractivity contribution in [2.75, 3.05) is 19.5 Å². The number of hydrogen-bond acceptors (Lipinski definition) is 7. The lowest BCUT2D eigenvalue weighted by molar-refractivity contribution is -0.191. The van der Waals surface area contributed by atoms with Crippen molar-refractivity contribution in [1.29, 1.82) is 0 Å². The van der Waals surface area contributed by atoms with E-state index < -0.39 is 22.0 Å². The number of aromatic nitrogens is 3. The summed E-state index contributed by atoms with van der Waals surface area (Å²) in [5.74, 6) is -1.12. The molecule has 3 rings (SSSR count). The predicted molar refractivity (Wildman–Crippen MR) is 93.5 cm³/mol. The largest absolute Gasteiger partial charge is 0.394 e. The average Bonchev–Trinajstić information content (AvgIpc) is 3.16. The molecular weight excluding hydrogens is 409 g/mol. The summed E-state index contributed by atoms with van der Waals surface area (Å²) in [6, 6.07) is 5.09. The molecule has 0 aliphatic carbocycles. The minimum Gasteiger partial charge on any atom is -0.394 e. The van der Waals surface area contributed by atoms with Crippen molar-refractivity contribution < 1.29 is 27.6 Å². The van der Waals surface area contributed by atoms with Gasteiger partial charge in [0.25, 0.3) is 10.1 Å². The topological polar surface area (TPSA) is 124 Å². The molecule has 26 heavy (non-hydrogen) atoms. The van der Waals surface area contributed by atoms with E-state index in [9.17, 15) is 13.5 Å². The fourth-order valence-electron chi connectivity index (χ4n) is 2.29. The Balaban J connectivity index is 0.000000431. The first-order valence-corrected chi connectivity index (χ1v) is 9.86. The summed E-state index contributed by atoms with van der Waals surface area (Å²) in [6.45, 7) is 0.402. The zero-order valence-corrected chi connectivity index (χ0v) is 15.9. The van der Waals surface area contributed by atoms with Gasteiger partial charge in [-0.1, -0.05) is 29.3 Å². The Hall–Kier alpha value is -1.27. The van der Waals surface area contributed by atoms with Crippen LogP contribution in [0.2, 0.25) is 10.0 Å². The van der Waals surface area contributed by atoms with Gasteiger partial charge in [-0.15, -0.1) is 0 Å². The monoisotopic (exact) mass is 425 g/mol. The summed E-state index contributed by atoms with van der Waals surface area (Å²) in [6.07, 6.45) is 3.29. The van der Waals surface area contributed by atoms with Crippen molar-refractivity contribution in [3.63, 3.8) is 0 Å². The molecule has 1 aliphatic rings. The molecule has 0 bridgehead atoms. The Morgan fingerprint density at radius 3 is 2.62 bits per heavy atom. The molecule has 2 heterocycles. The average molecular weight is 426 g/mol. The van der Waals surface area contributed by atoms with E-state index in [4.69, 9.17) is 37.2 Å². The van der Waals surface area contributed by atoms with E-state index in [1.807, 2.05) is 0 Å². The standard InChI is InChI=1S/C13H13Cl2N3O3.CH4O3S/c14-9-1-2-11(12(15)3-9)13(6-18-8-16-7-17-18)20-5-10(4-19)21-13;1-5(2,3)4/h1-3,7-8,10,19H,4-6H2;1H3,(H,2,3,4). The first-order chi connectivity index (χ1) is 12.1. The van der Waals surface area contributed by atoms with Gasteiger partial charge in [0.05, 0.1) is 24.5 Å². The van der Waals surface area contributed by atoms with E-state index in [1.165, 1.54) is 6.33 Å². The van der Waals surface area contributed by atoms with Crippen LogP contribution in [-0.4, -0.2) is 58.4 Å². The second-order valence-corrected chi connectivity index (χ2v) is 7.75. The van der Waals surface area contributed by atoms with Gasteiger partial charge in [0, 0.05) is 10.6 Å². The minimum absolute atomic E-state index is 0.135. The van der Waals surface area contributed by atoms with Crippen molar-refractivity contribution >= 4 is 33.3 Å². The number of hydrogen-bond donors (Lipinski definition) is 2.